The van der Waals surface area contributed by atoms with Gasteiger partial charge in [0.2, 0.25) is 11.8 Å². The predicted molar refractivity (Wildman–Crippen MR) is 101 cm³/mol. The average molecular weight is 393 g/mol. The third kappa shape index (κ3) is 5.78. The van der Waals surface area contributed by atoms with E-state index in [0.29, 0.717) is 19.5 Å². The number of nitrogens with one attached hydrogen (secondary N) is 1. The number of benzene rings is 1. The summed E-state index contributed by atoms with van der Waals surface area (Å²) in [6, 6.07) is 7.55. The molecule has 5 heteroatoms. The van der Waals surface area contributed by atoms with Crippen molar-refractivity contribution in [3.8, 4) is 0 Å². The molecule has 0 atom stereocenters. The van der Waals surface area contributed by atoms with Crippen molar-refractivity contribution in [2.24, 2.45) is 0 Å². The third-order valence-corrected chi connectivity index (χ3v) is 4.91. The fourth-order valence-corrected chi connectivity index (χ4v) is 3.41. The lowest BCUT2D eigenvalue weighted by Crippen LogP contribution is -2.34. The van der Waals surface area contributed by atoms with Gasteiger partial charge >= 0.3 is 0 Å². The molecule has 0 heterocycles. The molecule has 0 bridgehead atoms. The SMILES string of the molecule is CC(=O)N(CCC(=O)NCCC1=CCCCC1)c1ccccc1Br. The molecule has 0 fully saturated rings. The number of carbonyl (C=O) groups is 2. The molecule has 0 spiro atoms. The van der Waals surface area contributed by atoms with Crippen LogP contribution in [0.3, 0.4) is 0 Å². The van der Waals surface area contributed by atoms with Gasteiger partial charge in [0.1, 0.15) is 0 Å². The number of halogens is 1. The van der Waals surface area contributed by atoms with Crippen molar-refractivity contribution in [1.82, 2.24) is 5.32 Å². The van der Waals surface area contributed by atoms with Crippen molar-refractivity contribution < 1.29 is 9.59 Å². The van der Waals surface area contributed by atoms with Crippen molar-refractivity contribution in [3.05, 3.63) is 40.4 Å². The molecule has 1 aliphatic carbocycles. The Morgan fingerprint density at radius 1 is 1.25 bits per heavy atom. The standard InChI is InChI=1S/C19H25BrN2O2/c1-15(23)22(18-10-6-5-9-17(18)20)14-12-19(24)21-13-11-16-7-3-2-4-8-16/h5-7,9-10H,2-4,8,11-14H2,1H3,(H,21,24). The van der Waals surface area contributed by atoms with E-state index >= 15 is 0 Å². The topological polar surface area (TPSA) is 49.4 Å². The zero-order valence-corrected chi connectivity index (χ0v) is 15.8. The molecule has 1 aromatic carbocycles. The van der Waals surface area contributed by atoms with E-state index in [2.05, 4.69) is 27.3 Å². The van der Waals surface area contributed by atoms with Crippen molar-refractivity contribution in [2.45, 2.75) is 45.4 Å². The number of anilines is 1. The molecular formula is C19H25BrN2O2. The highest BCUT2D eigenvalue weighted by Crippen LogP contribution is 2.26. The van der Waals surface area contributed by atoms with E-state index in [1.165, 1.54) is 31.8 Å². The summed E-state index contributed by atoms with van der Waals surface area (Å²) in [6.07, 6.45) is 8.43. The highest BCUT2D eigenvalue weighted by Gasteiger charge is 2.15. The van der Waals surface area contributed by atoms with Gasteiger partial charge in [-0.1, -0.05) is 23.8 Å². The molecule has 0 saturated heterocycles. The van der Waals surface area contributed by atoms with Crippen molar-refractivity contribution in [3.63, 3.8) is 0 Å². The Morgan fingerprint density at radius 2 is 2.04 bits per heavy atom. The van der Waals surface area contributed by atoms with Crippen molar-refractivity contribution in [1.29, 1.82) is 0 Å². The summed E-state index contributed by atoms with van der Waals surface area (Å²) in [6.45, 7) is 2.58. The molecule has 0 saturated carbocycles. The van der Waals surface area contributed by atoms with Crippen LogP contribution >= 0.6 is 15.9 Å². The largest absolute Gasteiger partial charge is 0.356 e. The molecule has 1 N–H and O–H groups in total. The van der Waals surface area contributed by atoms with E-state index in [0.717, 1.165) is 23.0 Å². The van der Waals surface area contributed by atoms with Crippen LogP contribution in [-0.4, -0.2) is 24.9 Å². The minimum Gasteiger partial charge on any atom is -0.356 e. The van der Waals surface area contributed by atoms with E-state index < -0.39 is 0 Å². The Hall–Kier alpha value is -1.62. The first kappa shape index (κ1) is 18.7. The number of nitrogens with zero attached hydrogens (tertiary/aromatic N) is 1. The van der Waals surface area contributed by atoms with Crippen LogP contribution in [0.25, 0.3) is 0 Å². The smallest absolute Gasteiger partial charge is 0.223 e. The second kappa shape index (κ2) is 9.62. The predicted octanol–water partition coefficient (Wildman–Crippen LogP) is 4.20. The Bertz CT molecular complexity index is 613. The molecule has 0 aromatic heterocycles. The van der Waals surface area contributed by atoms with E-state index in [9.17, 15) is 9.59 Å². The summed E-state index contributed by atoms with van der Waals surface area (Å²) < 4.78 is 0.852. The van der Waals surface area contributed by atoms with E-state index in [-0.39, 0.29) is 11.8 Å². The first-order valence-corrected chi connectivity index (χ1v) is 9.34. The fraction of sp³-hybridized carbons (Fsp3) is 0.474. The molecule has 130 valence electrons. The van der Waals surface area contributed by atoms with Crippen LogP contribution in [0, 0.1) is 0 Å². The van der Waals surface area contributed by atoms with Crippen LogP contribution < -0.4 is 10.2 Å². The minimum absolute atomic E-state index is 0.00952. The Kier molecular flexibility index (Phi) is 7.50. The van der Waals surface area contributed by atoms with Crippen LogP contribution in [0.2, 0.25) is 0 Å². The summed E-state index contributed by atoms with van der Waals surface area (Å²) in [7, 11) is 0. The Labute approximate surface area is 152 Å². The van der Waals surface area contributed by atoms with Crippen LogP contribution in [0.1, 0.15) is 45.4 Å². The number of para-hydroxylation sites is 1. The van der Waals surface area contributed by atoms with Gasteiger partial charge in [-0.05, 0) is 60.2 Å². The monoisotopic (exact) mass is 392 g/mol. The van der Waals surface area contributed by atoms with Crippen LogP contribution in [0.5, 0.6) is 0 Å². The zero-order chi connectivity index (χ0) is 17.4. The maximum absolute atomic E-state index is 12.0. The molecule has 1 aromatic rings. The van der Waals surface area contributed by atoms with Crippen LogP contribution in [0.4, 0.5) is 5.69 Å². The Balaban J connectivity index is 1.79. The van der Waals surface area contributed by atoms with Gasteiger partial charge in [0.25, 0.3) is 0 Å². The molecule has 2 rings (SSSR count). The van der Waals surface area contributed by atoms with Crippen LogP contribution in [0.15, 0.2) is 40.4 Å². The Morgan fingerprint density at radius 3 is 2.71 bits per heavy atom. The fourth-order valence-electron chi connectivity index (χ4n) is 2.91. The van der Waals surface area contributed by atoms with Crippen LogP contribution in [-0.2, 0) is 9.59 Å². The molecule has 4 nitrogen and oxygen atoms in total. The number of hydrogen-bond acceptors (Lipinski definition) is 2. The van der Waals surface area contributed by atoms with Gasteiger partial charge in [-0.3, -0.25) is 9.59 Å². The first-order chi connectivity index (χ1) is 11.6. The van der Waals surface area contributed by atoms with Crippen molar-refractivity contribution in [2.75, 3.05) is 18.0 Å². The second-order valence-corrected chi connectivity index (χ2v) is 6.93. The van der Waals surface area contributed by atoms with Gasteiger partial charge in [-0.25, -0.2) is 0 Å². The lowest BCUT2D eigenvalue weighted by molar-refractivity contribution is -0.121. The second-order valence-electron chi connectivity index (χ2n) is 6.08. The molecule has 0 unspecified atom stereocenters. The quantitative estimate of drug-likeness (QED) is 0.706. The number of carbonyl (C=O) groups excluding carboxylic acids is 2. The van der Waals surface area contributed by atoms with Gasteiger partial charge in [0, 0.05) is 30.9 Å². The van der Waals surface area contributed by atoms with Crippen molar-refractivity contribution >= 4 is 33.4 Å². The number of hydrogen-bond donors (Lipinski definition) is 1. The summed E-state index contributed by atoms with van der Waals surface area (Å²) in [5, 5.41) is 2.96. The zero-order valence-electron chi connectivity index (χ0n) is 14.2. The molecule has 0 aliphatic heterocycles. The van der Waals surface area contributed by atoms with Gasteiger partial charge in [-0.2, -0.15) is 0 Å². The van der Waals surface area contributed by atoms with E-state index in [4.69, 9.17) is 0 Å². The molecule has 1 aliphatic rings. The maximum atomic E-state index is 12.0. The lowest BCUT2D eigenvalue weighted by Gasteiger charge is -2.22. The molecule has 2 amide bonds. The highest BCUT2D eigenvalue weighted by molar-refractivity contribution is 9.10. The highest BCUT2D eigenvalue weighted by atomic mass is 79.9. The summed E-state index contributed by atoms with van der Waals surface area (Å²) in [4.78, 5) is 25.6. The van der Waals surface area contributed by atoms with Gasteiger partial charge in [-0.15, -0.1) is 0 Å². The van der Waals surface area contributed by atoms with Gasteiger partial charge in [0.15, 0.2) is 0 Å². The lowest BCUT2D eigenvalue weighted by atomic mass is 9.97. The molecule has 0 radical (unpaired) electrons. The van der Waals surface area contributed by atoms with E-state index in [1.807, 2.05) is 24.3 Å². The molecule has 24 heavy (non-hydrogen) atoms. The average Bonchev–Trinajstić information content (AvgIpc) is 2.57. The maximum Gasteiger partial charge on any atom is 0.223 e. The van der Waals surface area contributed by atoms with E-state index in [1.54, 1.807) is 4.90 Å². The van der Waals surface area contributed by atoms with Gasteiger partial charge in [0.05, 0.1) is 5.69 Å². The minimum atomic E-state index is -0.0675. The number of rotatable bonds is 7. The summed E-state index contributed by atoms with van der Waals surface area (Å²) >= 11 is 3.46. The number of allylic oxidation sites excluding steroid dienone is 1. The normalized spacial score (nSPS) is 14.0. The third-order valence-electron chi connectivity index (χ3n) is 4.24. The van der Waals surface area contributed by atoms with Gasteiger partial charge < -0.3 is 10.2 Å². The molecular weight excluding hydrogens is 368 g/mol. The summed E-state index contributed by atoms with van der Waals surface area (Å²) in [5.41, 5.74) is 2.25. The number of amides is 2. The first-order valence-electron chi connectivity index (χ1n) is 8.55. The summed E-state index contributed by atoms with van der Waals surface area (Å²) in [5.74, 6) is -0.0771.